The van der Waals surface area contributed by atoms with E-state index in [4.69, 9.17) is 0 Å². The SMILES string of the molecule is Cc1cc(C(=O)Nc2ccc(S(=O)(=O)Nc3nccs3)cc2)c(C)n1C1CC1. The molecule has 0 spiro atoms. The fourth-order valence-electron chi connectivity index (χ4n) is 3.27. The molecule has 3 aromatic rings. The van der Waals surface area contributed by atoms with Gasteiger partial charge in [0.25, 0.3) is 15.9 Å². The summed E-state index contributed by atoms with van der Waals surface area (Å²) in [5.41, 5.74) is 3.23. The van der Waals surface area contributed by atoms with E-state index in [1.54, 1.807) is 17.5 Å². The summed E-state index contributed by atoms with van der Waals surface area (Å²) in [6.45, 7) is 3.97. The monoisotopic (exact) mass is 416 g/mol. The third-order valence-electron chi connectivity index (χ3n) is 4.72. The Morgan fingerprint density at radius 1 is 1.21 bits per heavy atom. The van der Waals surface area contributed by atoms with Crippen molar-refractivity contribution in [1.29, 1.82) is 0 Å². The Morgan fingerprint density at radius 2 is 1.93 bits per heavy atom. The first kappa shape index (κ1) is 18.7. The lowest BCUT2D eigenvalue weighted by Gasteiger charge is -2.09. The van der Waals surface area contributed by atoms with Gasteiger partial charge in [-0.2, -0.15) is 0 Å². The van der Waals surface area contributed by atoms with Crippen molar-refractivity contribution >= 4 is 38.1 Å². The Balaban J connectivity index is 1.49. The first-order valence-electron chi connectivity index (χ1n) is 8.87. The van der Waals surface area contributed by atoms with Crippen LogP contribution in [0.1, 0.15) is 40.6 Å². The second-order valence-corrected chi connectivity index (χ2v) is 9.38. The number of carbonyl (C=O) groups is 1. The zero-order chi connectivity index (χ0) is 19.9. The number of nitrogens with one attached hydrogen (secondary N) is 2. The predicted molar refractivity (Wildman–Crippen MR) is 109 cm³/mol. The molecule has 0 saturated heterocycles. The molecule has 0 atom stereocenters. The fourth-order valence-corrected chi connectivity index (χ4v) is 5.05. The van der Waals surface area contributed by atoms with Crippen molar-refractivity contribution in [3.05, 3.63) is 58.9 Å². The number of benzene rings is 1. The van der Waals surface area contributed by atoms with Crippen LogP contribution >= 0.6 is 11.3 Å². The number of anilines is 2. The molecular weight excluding hydrogens is 396 g/mol. The van der Waals surface area contributed by atoms with Gasteiger partial charge in [-0.25, -0.2) is 13.4 Å². The smallest absolute Gasteiger partial charge is 0.263 e. The number of rotatable bonds is 6. The summed E-state index contributed by atoms with van der Waals surface area (Å²) in [6.07, 6.45) is 3.84. The number of aryl methyl sites for hydroxylation is 1. The van der Waals surface area contributed by atoms with Crippen molar-refractivity contribution in [2.24, 2.45) is 0 Å². The summed E-state index contributed by atoms with van der Waals surface area (Å²) in [6, 6.07) is 8.48. The molecule has 1 aliphatic carbocycles. The summed E-state index contributed by atoms with van der Waals surface area (Å²) >= 11 is 1.20. The zero-order valence-corrected chi connectivity index (χ0v) is 17.1. The van der Waals surface area contributed by atoms with Crippen LogP contribution in [0.2, 0.25) is 0 Å². The highest BCUT2D eigenvalue weighted by Crippen LogP contribution is 2.38. The van der Waals surface area contributed by atoms with Gasteiger partial charge in [-0.1, -0.05) is 0 Å². The molecule has 2 N–H and O–H groups in total. The lowest BCUT2D eigenvalue weighted by molar-refractivity contribution is 0.102. The van der Waals surface area contributed by atoms with E-state index in [-0.39, 0.29) is 10.8 Å². The van der Waals surface area contributed by atoms with Crippen molar-refractivity contribution < 1.29 is 13.2 Å². The molecule has 1 fully saturated rings. The fraction of sp³-hybridized carbons (Fsp3) is 0.263. The summed E-state index contributed by atoms with van der Waals surface area (Å²) in [5.74, 6) is -0.198. The highest BCUT2D eigenvalue weighted by Gasteiger charge is 2.28. The summed E-state index contributed by atoms with van der Waals surface area (Å²) in [5, 5.41) is 4.85. The molecule has 1 aromatic carbocycles. The van der Waals surface area contributed by atoms with Gasteiger partial charge in [0.05, 0.1) is 10.5 Å². The Labute approximate surface area is 167 Å². The van der Waals surface area contributed by atoms with E-state index >= 15 is 0 Å². The molecule has 2 heterocycles. The van der Waals surface area contributed by atoms with Crippen LogP contribution in [0.3, 0.4) is 0 Å². The van der Waals surface area contributed by atoms with Gasteiger partial charge in [-0.15, -0.1) is 11.3 Å². The van der Waals surface area contributed by atoms with Gasteiger partial charge in [0.15, 0.2) is 5.13 Å². The van der Waals surface area contributed by atoms with Crippen LogP contribution in [0.15, 0.2) is 46.8 Å². The zero-order valence-electron chi connectivity index (χ0n) is 15.5. The van der Waals surface area contributed by atoms with Gasteiger partial charge in [0.1, 0.15) is 0 Å². The van der Waals surface area contributed by atoms with E-state index in [1.807, 2.05) is 19.9 Å². The second kappa shape index (κ2) is 7.06. The Bertz CT molecular complexity index is 1110. The quantitative estimate of drug-likeness (QED) is 0.636. The van der Waals surface area contributed by atoms with Crippen molar-refractivity contribution in [3.8, 4) is 0 Å². The van der Waals surface area contributed by atoms with Crippen LogP contribution in [0.4, 0.5) is 10.8 Å². The Morgan fingerprint density at radius 3 is 2.54 bits per heavy atom. The van der Waals surface area contributed by atoms with Gasteiger partial charge in [0, 0.05) is 34.7 Å². The van der Waals surface area contributed by atoms with Crippen molar-refractivity contribution in [2.45, 2.75) is 37.6 Å². The molecule has 146 valence electrons. The Hall–Kier alpha value is -2.65. The van der Waals surface area contributed by atoms with E-state index in [0.717, 1.165) is 24.2 Å². The van der Waals surface area contributed by atoms with Crippen LogP contribution in [0, 0.1) is 13.8 Å². The summed E-state index contributed by atoms with van der Waals surface area (Å²) < 4.78 is 29.4. The summed E-state index contributed by atoms with van der Waals surface area (Å²) in [4.78, 5) is 16.7. The maximum atomic E-state index is 12.7. The van der Waals surface area contributed by atoms with E-state index < -0.39 is 10.0 Å². The topological polar surface area (TPSA) is 93.1 Å². The van der Waals surface area contributed by atoms with E-state index in [1.165, 1.54) is 29.7 Å². The number of hydrogen-bond donors (Lipinski definition) is 2. The normalized spacial score (nSPS) is 14.1. The van der Waals surface area contributed by atoms with Crippen molar-refractivity contribution in [2.75, 3.05) is 10.0 Å². The van der Waals surface area contributed by atoms with E-state index in [2.05, 4.69) is 19.6 Å². The molecule has 1 saturated carbocycles. The third-order valence-corrected chi connectivity index (χ3v) is 6.89. The van der Waals surface area contributed by atoms with E-state index in [9.17, 15) is 13.2 Å². The highest BCUT2D eigenvalue weighted by atomic mass is 32.2. The van der Waals surface area contributed by atoms with Gasteiger partial charge in [-0.05, 0) is 57.0 Å². The van der Waals surface area contributed by atoms with Gasteiger partial charge < -0.3 is 9.88 Å². The Kier molecular flexibility index (Phi) is 4.72. The van der Waals surface area contributed by atoms with Crippen LogP contribution in [0.25, 0.3) is 0 Å². The number of thiazole rings is 1. The molecule has 0 radical (unpaired) electrons. The molecule has 0 aliphatic heterocycles. The van der Waals surface area contributed by atoms with Crippen LogP contribution in [0.5, 0.6) is 0 Å². The average molecular weight is 417 g/mol. The van der Waals surface area contributed by atoms with Gasteiger partial charge in [0.2, 0.25) is 0 Å². The number of sulfonamides is 1. The minimum absolute atomic E-state index is 0.104. The highest BCUT2D eigenvalue weighted by molar-refractivity contribution is 7.93. The average Bonchev–Trinajstić information content (AvgIpc) is 3.26. The van der Waals surface area contributed by atoms with Gasteiger partial charge >= 0.3 is 0 Å². The van der Waals surface area contributed by atoms with Crippen LogP contribution < -0.4 is 10.0 Å². The number of carbonyl (C=O) groups excluding carboxylic acids is 1. The molecule has 2 aromatic heterocycles. The van der Waals surface area contributed by atoms with E-state index in [0.29, 0.717) is 22.4 Å². The maximum Gasteiger partial charge on any atom is 0.263 e. The van der Waals surface area contributed by atoms with Crippen molar-refractivity contribution in [3.63, 3.8) is 0 Å². The third kappa shape index (κ3) is 3.67. The maximum absolute atomic E-state index is 12.7. The molecule has 4 rings (SSSR count). The minimum atomic E-state index is -3.71. The molecule has 28 heavy (non-hydrogen) atoms. The first-order valence-corrected chi connectivity index (χ1v) is 11.2. The second-order valence-electron chi connectivity index (χ2n) is 6.81. The van der Waals surface area contributed by atoms with Crippen LogP contribution in [-0.4, -0.2) is 23.9 Å². The van der Waals surface area contributed by atoms with Crippen molar-refractivity contribution in [1.82, 2.24) is 9.55 Å². The first-order chi connectivity index (χ1) is 13.3. The molecule has 0 unspecified atom stereocenters. The molecule has 1 aliphatic rings. The molecular formula is C19H20N4O3S2. The molecule has 9 heteroatoms. The summed E-state index contributed by atoms with van der Waals surface area (Å²) in [7, 11) is -3.71. The number of amides is 1. The molecule has 7 nitrogen and oxygen atoms in total. The van der Waals surface area contributed by atoms with Crippen LogP contribution in [-0.2, 0) is 10.0 Å². The minimum Gasteiger partial charge on any atom is -0.345 e. The number of hydrogen-bond acceptors (Lipinski definition) is 5. The lowest BCUT2D eigenvalue weighted by Crippen LogP contribution is -2.14. The predicted octanol–water partition coefficient (Wildman–Crippen LogP) is 3.95. The number of aromatic nitrogens is 2. The lowest BCUT2D eigenvalue weighted by atomic mass is 10.2. The standard InChI is InChI=1S/C19H20N4O3S2/c1-12-11-17(13(2)23(12)15-5-6-15)18(24)21-14-3-7-16(8-4-14)28(25,26)22-19-20-9-10-27-19/h3-4,7-11,15H,5-6H2,1-2H3,(H,20,22)(H,21,24). The molecule has 1 amide bonds. The van der Waals surface area contributed by atoms with Gasteiger partial charge in [-0.3, -0.25) is 9.52 Å². The molecule has 0 bridgehead atoms. The number of nitrogens with zero attached hydrogens (tertiary/aromatic N) is 2. The largest absolute Gasteiger partial charge is 0.345 e.